The van der Waals surface area contributed by atoms with Crippen molar-refractivity contribution in [2.24, 2.45) is 0 Å². The Morgan fingerprint density at radius 1 is 1.27 bits per heavy atom. The fourth-order valence-corrected chi connectivity index (χ4v) is 4.25. The van der Waals surface area contributed by atoms with Gasteiger partial charge in [0, 0.05) is 35.7 Å². The molecule has 0 bridgehead atoms. The highest BCUT2D eigenvalue weighted by Crippen LogP contribution is 2.41. The molecular weight excluding hydrogens is 420 g/mol. The SMILES string of the molecule is CCC(=O)c1cc(CCc2cnc(Nc3nc(C4CC4)cs3)nc2)c(Cl)c(OC)c1. The lowest BCUT2D eigenvalue weighted by atomic mass is 10.0. The Bertz CT molecular complexity index is 1050. The van der Waals surface area contributed by atoms with Gasteiger partial charge in [-0.15, -0.1) is 11.3 Å². The third-order valence-electron chi connectivity index (χ3n) is 5.10. The summed E-state index contributed by atoms with van der Waals surface area (Å²) in [4.78, 5) is 25.5. The number of carbonyl (C=O) groups is 1. The van der Waals surface area contributed by atoms with Crippen molar-refractivity contribution in [2.45, 2.75) is 44.9 Å². The van der Waals surface area contributed by atoms with E-state index in [4.69, 9.17) is 16.3 Å². The number of hydrogen-bond donors (Lipinski definition) is 1. The zero-order valence-electron chi connectivity index (χ0n) is 16.9. The maximum absolute atomic E-state index is 12.1. The first kappa shape index (κ1) is 20.8. The van der Waals surface area contributed by atoms with Crippen LogP contribution in [0.15, 0.2) is 29.9 Å². The van der Waals surface area contributed by atoms with E-state index in [9.17, 15) is 4.79 Å². The number of carbonyl (C=O) groups excluding carboxylic acids is 1. The number of thiazole rings is 1. The maximum Gasteiger partial charge on any atom is 0.228 e. The topological polar surface area (TPSA) is 77.0 Å². The van der Waals surface area contributed by atoms with Crippen LogP contribution in [0.5, 0.6) is 5.75 Å². The van der Waals surface area contributed by atoms with E-state index >= 15 is 0 Å². The average Bonchev–Trinajstić information content (AvgIpc) is 3.52. The van der Waals surface area contributed by atoms with Crippen molar-refractivity contribution in [3.05, 3.63) is 57.3 Å². The Labute approximate surface area is 184 Å². The maximum atomic E-state index is 12.1. The van der Waals surface area contributed by atoms with E-state index < -0.39 is 0 Å². The highest BCUT2D eigenvalue weighted by Gasteiger charge is 2.26. The van der Waals surface area contributed by atoms with Crippen LogP contribution < -0.4 is 10.1 Å². The second kappa shape index (κ2) is 9.10. The monoisotopic (exact) mass is 442 g/mol. The second-order valence-corrected chi connectivity index (χ2v) is 8.56. The quantitative estimate of drug-likeness (QED) is 0.435. The van der Waals surface area contributed by atoms with Gasteiger partial charge in [-0.2, -0.15) is 0 Å². The number of ether oxygens (including phenoxy) is 1. The van der Waals surface area contributed by atoms with Crippen LogP contribution in [0.3, 0.4) is 0 Å². The molecule has 1 aliphatic carbocycles. The van der Waals surface area contributed by atoms with Crippen LogP contribution >= 0.6 is 22.9 Å². The number of anilines is 2. The molecule has 2 heterocycles. The Hall–Kier alpha value is -2.51. The number of methoxy groups -OCH3 is 1. The number of rotatable bonds is 9. The summed E-state index contributed by atoms with van der Waals surface area (Å²) in [6.45, 7) is 1.84. The number of nitrogens with zero attached hydrogens (tertiary/aromatic N) is 3. The van der Waals surface area contributed by atoms with Gasteiger partial charge in [-0.05, 0) is 48.9 Å². The first-order chi connectivity index (χ1) is 14.6. The molecule has 0 saturated heterocycles. The molecular formula is C22H23ClN4O2S. The van der Waals surface area contributed by atoms with Crippen LogP contribution in [0.1, 0.15) is 59.3 Å². The predicted octanol–water partition coefficient (Wildman–Crippen LogP) is 5.59. The molecule has 1 aromatic carbocycles. The average molecular weight is 443 g/mol. The largest absolute Gasteiger partial charge is 0.495 e. The lowest BCUT2D eigenvalue weighted by Crippen LogP contribution is -2.03. The molecule has 156 valence electrons. The zero-order valence-corrected chi connectivity index (χ0v) is 18.5. The van der Waals surface area contributed by atoms with Gasteiger partial charge in [0.15, 0.2) is 10.9 Å². The van der Waals surface area contributed by atoms with Crippen molar-refractivity contribution >= 4 is 39.8 Å². The first-order valence-corrected chi connectivity index (χ1v) is 11.3. The Morgan fingerprint density at radius 3 is 2.70 bits per heavy atom. The lowest BCUT2D eigenvalue weighted by Gasteiger charge is -2.11. The second-order valence-electron chi connectivity index (χ2n) is 7.32. The van der Waals surface area contributed by atoms with E-state index in [2.05, 4.69) is 25.6 Å². The van der Waals surface area contributed by atoms with Gasteiger partial charge < -0.3 is 10.1 Å². The van der Waals surface area contributed by atoms with Gasteiger partial charge in [0.1, 0.15) is 5.75 Å². The van der Waals surface area contributed by atoms with Gasteiger partial charge in [-0.25, -0.2) is 15.0 Å². The predicted molar refractivity (Wildman–Crippen MR) is 119 cm³/mol. The third kappa shape index (κ3) is 4.79. The van der Waals surface area contributed by atoms with E-state index in [-0.39, 0.29) is 5.78 Å². The van der Waals surface area contributed by atoms with E-state index in [1.807, 2.05) is 13.0 Å². The molecule has 1 saturated carbocycles. The number of aryl methyl sites for hydroxylation is 2. The molecule has 6 nitrogen and oxygen atoms in total. The summed E-state index contributed by atoms with van der Waals surface area (Å²) in [5.74, 6) is 1.76. The minimum absolute atomic E-state index is 0.0667. The van der Waals surface area contributed by atoms with E-state index in [1.54, 1.807) is 36.9 Å². The standard InChI is InChI=1S/C22H23ClN4O2S/c1-3-18(28)16-8-15(20(23)19(9-16)29-2)5-4-13-10-24-21(25-11-13)27-22-26-17(12-30-22)14-6-7-14/h8-12,14H,3-7H2,1-2H3,(H,24,25,26,27). The van der Waals surface area contributed by atoms with Crippen molar-refractivity contribution < 1.29 is 9.53 Å². The number of nitrogens with one attached hydrogen (secondary N) is 1. The molecule has 0 amide bonds. The van der Waals surface area contributed by atoms with Crippen molar-refractivity contribution in [3.8, 4) is 5.75 Å². The Morgan fingerprint density at radius 2 is 2.03 bits per heavy atom. The summed E-state index contributed by atoms with van der Waals surface area (Å²) in [7, 11) is 1.56. The molecule has 30 heavy (non-hydrogen) atoms. The van der Waals surface area contributed by atoms with Crippen LogP contribution in [-0.2, 0) is 12.8 Å². The normalized spacial score (nSPS) is 13.3. The fraction of sp³-hybridized carbons (Fsp3) is 0.364. The molecule has 2 aromatic heterocycles. The first-order valence-electron chi connectivity index (χ1n) is 10.00. The summed E-state index contributed by atoms with van der Waals surface area (Å²) >= 11 is 8.03. The third-order valence-corrected chi connectivity index (χ3v) is 6.31. The van der Waals surface area contributed by atoms with E-state index in [1.165, 1.54) is 12.8 Å². The molecule has 0 unspecified atom stereocenters. The number of aromatic nitrogens is 3. The van der Waals surface area contributed by atoms with Gasteiger partial charge in [0.2, 0.25) is 5.95 Å². The van der Waals surface area contributed by atoms with Gasteiger partial charge in [0.05, 0.1) is 17.8 Å². The molecule has 0 spiro atoms. The fourth-order valence-electron chi connectivity index (χ4n) is 3.18. The van der Waals surface area contributed by atoms with Crippen LogP contribution in [0.25, 0.3) is 0 Å². The molecule has 4 rings (SSSR count). The van der Waals surface area contributed by atoms with Crippen LogP contribution in [-0.4, -0.2) is 27.8 Å². The summed E-state index contributed by atoms with van der Waals surface area (Å²) in [6.07, 6.45) is 7.88. The lowest BCUT2D eigenvalue weighted by molar-refractivity contribution is 0.0987. The number of benzene rings is 1. The highest BCUT2D eigenvalue weighted by molar-refractivity contribution is 7.13. The summed E-state index contributed by atoms with van der Waals surface area (Å²) < 4.78 is 5.34. The number of Topliss-reactive ketones (excluding diaryl/α,β-unsaturated/α-hetero) is 1. The van der Waals surface area contributed by atoms with Crippen LogP contribution in [0.2, 0.25) is 5.02 Å². The molecule has 8 heteroatoms. The Kier molecular flexibility index (Phi) is 6.29. The van der Waals surface area contributed by atoms with E-state index in [0.29, 0.717) is 47.5 Å². The summed E-state index contributed by atoms with van der Waals surface area (Å²) in [5, 5.41) is 6.63. The van der Waals surface area contributed by atoms with E-state index in [0.717, 1.165) is 22.0 Å². The molecule has 1 fully saturated rings. The zero-order chi connectivity index (χ0) is 21.1. The smallest absolute Gasteiger partial charge is 0.228 e. The van der Waals surface area contributed by atoms with Gasteiger partial charge in [-0.3, -0.25) is 4.79 Å². The molecule has 1 N–H and O–H groups in total. The van der Waals surface area contributed by atoms with Gasteiger partial charge in [-0.1, -0.05) is 18.5 Å². The number of ketones is 1. The van der Waals surface area contributed by atoms with Gasteiger partial charge in [0.25, 0.3) is 0 Å². The number of halogens is 1. The molecule has 3 aromatic rings. The van der Waals surface area contributed by atoms with Crippen LogP contribution in [0, 0.1) is 0 Å². The molecule has 0 atom stereocenters. The molecule has 0 aliphatic heterocycles. The molecule has 1 aliphatic rings. The number of hydrogen-bond acceptors (Lipinski definition) is 7. The minimum Gasteiger partial charge on any atom is -0.495 e. The Balaban J connectivity index is 1.41. The minimum atomic E-state index is 0.0667. The van der Waals surface area contributed by atoms with Crippen molar-refractivity contribution in [2.75, 3.05) is 12.4 Å². The summed E-state index contributed by atoms with van der Waals surface area (Å²) in [6, 6.07) is 3.56. The van der Waals surface area contributed by atoms with Crippen molar-refractivity contribution in [1.29, 1.82) is 0 Å². The van der Waals surface area contributed by atoms with Crippen LogP contribution in [0.4, 0.5) is 11.1 Å². The van der Waals surface area contributed by atoms with Crippen molar-refractivity contribution in [3.63, 3.8) is 0 Å². The van der Waals surface area contributed by atoms with Gasteiger partial charge >= 0.3 is 0 Å². The highest BCUT2D eigenvalue weighted by atomic mass is 35.5. The van der Waals surface area contributed by atoms with Crippen molar-refractivity contribution in [1.82, 2.24) is 15.0 Å². The summed E-state index contributed by atoms with van der Waals surface area (Å²) in [5.41, 5.74) is 3.65. The molecule has 0 radical (unpaired) electrons.